The van der Waals surface area contributed by atoms with Crippen LogP contribution in [-0.4, -0.2) is 13.0 Å². The fourth-order valence-electron chi connectivity index (χ4n) is 1.69. The Morgan fingerprint density at radius 3 is 2.71 bits per heavy atom. The van der Waals surface area contributed by atoms with Crippen molar-refractivity contribution in [2.24, 2.45) is 0 Å². The lowest BCUT2D eigenvalue weighted by molar-refractivity contribution is 0.0962. The molecule has 1 amide bonds. The molecule has 1 aromatic rings. The van der Waals surface area contributed by atoms with E-state index in [0.717, 1.165) is 11.1 Å². The molecule has 1 aromatic carbocycles. The van der Waals surface area contributed by atoms with Crippen LogP contribution >= 0.6 is 0 Å². The first-order chi connectivity index (χ1) is 6.72. The number of nitrogens with one attached hydrogen (secondary N) is 1. The molecule has 0 saturated heterocycles. The van der Waals surface area contributed by atoms with Crippen LogP contribution in [0.5, 0.6) is 0 Å². The summed E-state index contributed by atoms with van der Waals surface area (Å²) in [5.74, 6) is 0.726. The van der Waals surface area contributed by atoms with Gasteiger partial charge in [-0.1, -0.05) is 12.1 Å². The zero-order valence-corrected chi connectivity index (χ0v) is 8.63. The van der Waals surface area contributed by atoms with Crippen LogP contribution in [0.15, 0.2) is 18.2 Å². The average Bonchev–Trinajstić information content (AvgIpc) is 3.01. The van der Waals surface area contributed by atoms with Gasteiger partial charge in [-0.05, 0) is 42.9 Å². The zero-order chi connectivity index (χ0) is 10.1. The Bertz CT molecular complexity index is 367. The van der Waals surface area contributed by atoms with Gasteiger partial charge in [-0.3, -0.25) is 4.79 Å². The highest BCUT2D eigenvalue weighted by atomic mass is 16.1. The van der Waals surface area contributed by atoms with Crippen molar-refractivity contribution in [1.29, 1.82) is 0 Å². The second-order valence-electron chi connectivity index (χ2n) is 3.93. The topological polar surface area (TPSA) is 29.1 Å². The molecule has 1 fully saturated rings. The SMILES string of the molecule is CNC(=O)c1cc(C2CC2)ccc1C. The molecule has 1 N–H and O–H groups in total. The highest BCUT2D eigenvalue weighted by Crippen LogP contribution is 2.40. The number of amides is 1. The molecular formula is C12H15NO. The molecule has 2 nitrogen and oxygen atoms in total. The Morgan fingerprint density at radius 2 is 2.14 bits per heavy atom. The van der Waals surface area contributed by atoms with Gasteiger partial charge in [0.25, 0.3) is 5.91 Å². The van der Waals surface area contributed by atoms with Crippen LogP contribution < -0.4 is 5.32 Å². The second kappa shape index (κ2) is 3.45. The quantitative estimate of drug-likeness (QED) is 0.759. The first-order valence-electron chi connectivity index (χ1n) is 5.05. The normalized spacial score (nSPS) is 15.3. The van der Waals surface area contributed by atoms with Crippen LogP contribution in [0.1, 0.15) is 40.2 Å². The lowest BCUT2D eigenvalue weighted by Gasteiger charge is -2.06. The third-order valence-corrected chi connectivity index (χ3v) is 2.78. The molecule has 2 heteroatoms. The van der Waals surface area contributed by atoms with Gasteiger partial charge in [0.1, 0.15) is 0 Å². The Hall–Kier alpha value is -1.31. The Morgan fingerprint density at radius 1 is 1.43 bits per heavy atom. The largest absolute Gasteiger partial charge is 0.355 e. The van der Waals surface area contributed by atoms with Crippen molar-refractivity contribution in [3.05, 3.63) is 34.9 Å². The number of carbonyl (C=O) groups excluding carboxylic acids is 1. The van der Waals surface area contributed by atoms with Crippen molar-refractivity contribution in [3.63, 3.8) is 0 Å². The molecule has 0 unspecified atom stereocenters. The summed E-state index contributed by atoms with van der Waals surface area (Å²) in [5, 5.41) is 2.67. The third-order valence-electron chi connectivity index (χ3n) is 2.78. The maximum absolute atomic E-state index is 11.5. The highest BCUT2D eigenvalue weighted by Gasteiger charge is 2.24. The molecule has 74 valence electrons. The summed E-state index contributed by atoms with van der Waals surface area (Å²) in [6.45, 7) is 1.97. The van der Waals surface area contributed by atoms with Crippen LogP contribution in [-0.2, 0) is 0 Å². The van der Waals surface area contributed by atoms with E-state index in [1.165, 1.54) is 18.4 Å². The number of hydrogen-bond donors (Lipinski definition) is 1. The predicted molar refractivity (Wildman–Crippen MR) is 56.5 cm³/mol. The van der Waals surface area contributed by atoms with E-state index in [4.69, 9.17) is 0 Å². The lowest BCUT2D eigenvalue weighted by atomic mass is 10.0. The minimum absolute atomic E-state index is 0.0185. The van der Waals surface area contributed by atoms with Crippen LogP contribution in [0.2, 0.25) is 0 Å². The van der Waals surface area contributed by atoms with Gasteiger partial charge in [-0.2, -0.15) is 0 Å². The van der Waals surface area contributed by atoms with Gasteiger partial charge in [-0.25, -0.2) is 0 Å². The maximum atomic E-state index is 11.5. The fourth-order valence-corrected chi connectivity index (χ4v) is 1.69. The van der Waals surface area contributed by atoms with Gasteiger partial charge < -0.3 is 5.32 Å². The van der Waals surface area contributed by atoms with E-state index in [1.807, 2.05) is 19.1 Å². The average molecular weight is 189 g/mol. The molecule has 0 bridgehead atoms. The second-order valence-corrected chi connectivity index (χ2v) is 3.93. The van der Waals surface area contributed by atoms with Crippen molar-refractivity contribution in [3.8, 4) is 0 Å². The number of carbonyl (C=O) groups is 1. The van der Waals surface area contributed by atoms with Crippen LogP contribution in [0.3, 0.4) is 0 Å². The molecule has 0 radical (unpaired) electrons. The van der Waals surface area contributed by atoms with Gasteiger partial charge in [0.2, 0.25) is 0 Å². The summed E-state index contributed by atoms with van der Waals surface area (Å²) in [6.07, 6.45) is 2.55. The number of aryl methyl sites for hydroxylation is 1. The first-order valence-corrected chi connectivity index (χ1v) is 5.05. The van der Waals surface area contributed by atoms with E-state index >= 15 is 0 Å². The molecule has 0 spiro atoms. The molecule has 1 aliphatic carbocycles. The highest BCUT2D eigenvalue weighted by molar-refractivity contribution is 5.95. The predicted octanol–water partition coefficient (Wildman–Crippen LogP) is 2.23. The summed E-state index contributed by atoms with van der Waals surface area (Å²) in [6, 6.07) is 6.21. The van der Waals surface area contributed by atoms with Crippen LogP contribution in [0.4, 0.5) is 0 Å². The molecule has 0 heterocycles. The Kier molecular flexibility index (Phi) is 2.28. The summed E-state index contributed by atoms with van der Waals surface area (Å²) in [4.78, 5) is 11.5. The van der Waals surface area contributed by atoms with Crippen molar-refractivity contribution in [2.75, 3.05) is 7.05 Å². The van der Waals surface area contributed by atoms with Gasteiger partial charge in [0, 0.05) is 12.6 Å². The lowest BCUT2D eigenvalue weighted by Crippen LogP contribution is -2.19. The fraction of sp³-hybridized carbons (Fsp3) is 0.417. The third kappa shape index (κ3) is 1.65. The van der Waals surface area contributed by atoms with E-state index in [-0.39, 0.29) is 5.91 Å². The van der Waals surface area contributed by atoms with E-state index in [2.05, 4.69) is 11.4 Å². The van der Waals surface area contributed by atoms with Crippen molar-refractivity contribution in [2.45, 2.75) is 25.7 Å². The number of rotatable bonds is 2. The Balaban J connectivity index is 2.36. The minimum Gasteiger partial charge on any atom is -0.355 e. The summed E-state index contributed by atoms with van der Waals surface area (Å²) in [7, 11) is 1.67. The molecular weight excluding hydrogens is 174 g/mol. The minimum atomic E-state index is 0.0185. The Labute approximate surface area is 84.3 Å². The van der Waals surface area contributed by atoms with Gasteiger partial charge in [-0.15, -0.1) is 0 Å². The summed E-state index contributed by atoms with van der Waals surface area (Å²) < 4.78 is 0. The van der Waals surface area contributed by atoms with E-state index in [9.17, 15) is 4.79 Å². The van der Waals surface area contributed by atoms with Crippen LogP contribution in [0.25, 0.3) is 0 Å². The molecule has 1 aliphatic rings. The first kappa shape index (κ1) is 9.25. The molecule has 1 saturated carbocycles. The summed E-state index contributed by atoms with van der Waals surface area (Å²) >= 11 is 0. The van der Waals surface area contributed by atoms with Crippen molar-refractivity contribution in [1.82, 2.24) is 5.32 Å². The molecule has 0 aliphatic heterocycles. The van der Waals surface area contributed by atoms with Crippen LogP contribution in [0, 0.1) is 6.92 Å². The smallest absolute Gasteiger partial charge is 0.251 e. The monoisotopic (exact) mass is 189 g/mol. The van der Waals surface area contributed by atoms with Crippen molar-refractivity contribution < 1.29 is 4.79 Å². The van der Waals surface area contributed by atoms with Gasteiger partial charge >= 0.3 is 0 Å². The molecule has 2 rings (SSSR count). The summed E-state index contributed by atoms with van der Waals surface area (Å²) in [5.41, 5.74) is 3.18. The number of hydrogen-bond acceptors (Lipinski definition) is 1. The molecule has 14 heavy (non-hydrogen) atoms. The van der Waals surface area contributed by atoms with Gasteiger partial charge in [0.15, 0.2) is 0 Å². The standard InChI is InChI=1S/C12H15NO/c1-8-3-4-10(9-5-6-9)7-11(8)12(14)13-2/h3-4,7,9H,5-6H2,1-2H3,(H,13,14). The number of benzene rings is 1. The van der Waals surface area contributed by atoms with Crippen molar-refractivity contribution >= 4 is 5.91 Å². The van der Waals surface area contributed by atoms with E-state index in [1.54, 1.807) is 7.05 Å². The maximum Gasteiger partial charge on any atom is 0.251 e. The van der Waals surface area contributed by atoms with E-state index < -0.39 is 0 Å². The van der Waals surface area contributed by atoms with E-state index in [0.29, 0.717) is 5.92 Å². The molecule has 0 atom stereocenters. The van der Waals surface area contributed by atoms with Gasteiger partial charge in [0.05, 0.1) is 0 Å². The zero-order valence-electron chi connectivity index (χ0n) is 8.63. The molecule has 0 aromatic heterocycles.